The first-order valence-corrected chi connectivity index (χ1v) is 27.5. The second kappa shape index (κ2) is 16.5. The minimum Gasteiger partial charge on any atom is -0.360 e. The van der Waals surface area contributed by atoms with Crippen molar-refractivity contribution in [1.29, 1.82) is 0 Å². The van der Waals surface area contributed by atoms with Crippen LogP contribution in [-0.2, 0) is 27.1 Å². The average Bonchev–Trinajstić information content (AvgIpc) is 3.77. The van der Waals surface area contributed by atoms with Crippen LogP contribution in [0.4, 0.5) is 56.9 Å². The van der Waals surface area contributed by atoms with Crippen LogP contribution in [0.25, 0.3) is 11.1 Å². The smallest absolute Gasteiger partial charge is 0.360 e. The van der Waals surface area contributed by atoms with Gasteiger partial charge in [-0.25, -0.2) is 0 Å². The van der Waals surface area contributed by atoms with E-state index in [1.54, 1.807) is 0 Å². The maximum Gasteiger partial charge on any atom is 0.421 e. The van der Waals surface area contributed by atoms with Gasteiger partial charge in [-0.2, -0.15) is 0 Å². The molecule has 0 radical (unpaired) electrons. The van der Waals surface area contributed by atoms with Crippen LogP contribution in [0, 0.1) is 6.92 Å². The molecule has 6 heteroatoms. The Morgan fingerprint density at radius 1 is 0.307 bits per heavy atom. The molecule has 0 aliphatic carbocycles. The Kier molecular flexibility index (Phi) is 10.8. The van der Waals surface area contributed by atoms with Gasteiger partial charge < -0.3 is 19.4 Å². The number of para-hydroxylation sites is 2. The Balaban J connectivity index is 1.21. The number of fused-ring (bicyclic) bond motifs is 12. The fraction of sp³-hybridized carbons (Fsp3) is 0.304. The Morgan fingerprint density at radius 3 is 1.35 bits per heavy atom. The van der Waals surface area contributed by atoms with Gasteiger partial charge in [-0.05, 0) is 162 Å². The largest absolute Gasteiger partial charge is 0.421 e. The van der Waals surface area contributed by atoms with E-state index in [0.717, 1.165) is 5.69 Å². The molecular weight excluding hydrogens is 906 g/mol. The van der Waals surface area contributed by atoms with Gasteiger partial charge in [0, 0.05) is 51.1 Å². The van der Waals surface area contributed by atoms with E-state index in [0.29, 0.717) is 0 Å². The highest BCUT2D eigenvalue weighted by molar-refractivity contribution is 7.00. The van der Waals surface area contributed by atoms with Crippen molar-refractivity contribution in [3.8, 4) is 11.1 Å². The predicted molar refractivity (Wildman–Crippen MR) is 327 cm³/mol. The molecule has 75 heavy (non-hydrogen) atoms. The van der Waals surface area contributed by atoms with Crippen LogP contribution >= 0.6 is 0 Å². The first kappa shape index (κ1) is 49.0. The molecule has 0 aromatic heterocycles. The summed E-state index contributed by atoms with van der Waals surface area (Å²) >= 11 is 0. The highest BCUT2D eigenvalue weighted by Crippen LogP contribution is 2.55. The monoisotopic (exact) mass is 981 g/mol. The summed E-state index contributed by atoms with van der Waals surface area (Å²) in [5, 5.41) is 0. The number of rotatable bonds is 3. The second-order valence-electron chi connectivity index (χ2n) is 27.3. The van der Waals surface area contributed by atoms with Crippen molar-refractivity contribution in [2.24, 2.45) is 0 Å². The summed E-state index contributed by atoms with van der Waals surface area (Å²) in [6.07, 6.45) is 0. The van der Waals surface area contributed by atoms with Crippen LogP contribution in [0.5, 0.6) is 0 Å². The number of benzene rings is 8. The van der Waals surface area contributed by atoms with Crippen molar-refractivity contribution in [3.05, 3.63) is 191 Å². The van der Waals surface area contributed by atoms with Gasteiger partial charge in [-0.15, -0.1) is 0 Å². The zero-order valence-corrected chi connectivity index (χ0v) is 47.5. The SMILES string of the molecule is Cc1cc(C(C)(C)C)cc2c1B1N(c3ccccc3)c3cc4c(cc3N1c1ccccc1-2)B1c2cc(C(C)(C)C)ccc2N(c2ccc(C(C)(C)C)cc2)c2cc(C(C)(C)C)cc(c21)N4c1ccc(C(C)(C)C)cc1. The maximum atomic E-state index is 2.68. The number of hydrogen-bond donors (Lipinski definition) is 0. The first-order valence-electron chi connectivity index (χ1n) is 27.5. The third-order valence-corrected chi connectivity index (χ3v) is 16.9. The molecule has 4 aliphatic heterocycles. The fourth-order valence-corrected chi connectivity index (χ4v) is 12.6. The maximum absolute atomic E-state index is 2.68. The van der Waals surface area contributed by atoms with Gasteiger partial charge >= 0.3 is 6.98 Å². The number of hydrogen-bond acceptors (Lipinski definition) is 4. The second-order valence-corrected chi connectivity index (χ2v) is 27.3. The summed E-state index contributed by atoms with van der Waals surface area (Å²) in [6, 6.07) is 61.9. The summed E-state index contributed by atoms with van der Waals surface area (Å²) in [5.74, 6) is 0. The molecule has 0 spiro atoms. The van der Waals surface area contributed by atoms with Gasteiger partial charge in [0.05, 0.1) is 11.4 Å². The molecule has 0 saturated heterocycles. The lowest BCUT2D eigenvalue weighted by atomic mass is 9.33. The van der Waals surface area contributed by atoms with Gasteiger partial charge in [0.2, 0.25) is 0 Å². The van der Waals surface area contributed by atoms with E-state index in [2.05, 4.69) is 288 Å². The molecule has 0 unspecified atom stereocenters. The van der Waals surface area contributed by atoms with Gasteiger partial charge in [-0.3, -0.25) is 0 Å². The Morgan fingerprint density at radius 2 is 0.787 bits per heavy atom. The number of nitrogens with zero attached hydrogens (tertiary/aromatic N) is 4. The Bertz CT molecular complexity index is 3600. The van der Waals surface area contributed by atoms with Crippen molar-refractivity contribution in [2.45, 2.75) is 138 Å². The van der Waals surface area contributed by atoms with Crippen molar-refractivity contribution in [1.82, 2.24) is 0 Å². The van der Waals surface area contributed by atoms with Crippen LogP contribution in [0.1, 0.15) is 137 Å². The molecule has 0 bridgehead atoms. The zero-order valence-electron chi connectivity index (χ0n) is 47.5. The third-order valence-electron chi connectivity index (χ3n) is 16.9. The first-order chi connectivity index (χ1) is 35.3. The fourth-order valence-electron chi connectivity index (χ4n) is 12.6. The molecule has 0 atom stereocenters. The van der Waals surface area contributed by atoms with Gasteiger partial charge in [0.15, 0.2) is 0 Å². The van der Waals surface area contributed by atoms with Crippen molar-refractivity contribution < 1.29 is 0 Å². The standard InChI is InChI=1S/C69H74B2N4/c1-43-36-47(68(11,12)13)37-53-52-24-20-21-25-56(52)75-59-41-55-58(42-60(59)74(71(75)63(43)53)51-22-18-17-19-23-51)73(50-33-28-45(29-34-50)66(5,6)7)62-40-48(69(14,15)16)39-61-64(62)70(55)54-38-46(67(8,9)10)30-35-57(54)72(61)49-31-26-44(27-32-49)65(2,3)4/h17-42H,1-16H3. The van der Waals surface area contributed by atoms with Gasteiger partial charge in [0.25, 0.3) is 6.71 Å². The highest BCUT2D eigenvalue weighted by atomic mass is 15.3. The van der Waals surface area contributed by atoms with E-state index in [-0.39, 0.29) is 40.8 Å². The normalized spacial score (nSPS) is 14.8. The van der Waals surface area contributed by atoms with E-state index in [4.69, 9.17) is 0 Å². The molecule has 0 fully saturated rings. The topological polar surface area (TPSA) is 13.0 Å². The van der Waals surface area contributed by atoms with Crippen molar-refractivity contribution >= 4 is 92.4 Å². The quantitative estimate of drug-likeness (QED) is 0.164. The molecule has 4 aliphatic rings. The number of aryl methyl sites for hydroxylation is 1. The molecule has 4 nitrogen and oxygen atoms in total. The lowest BCUT2D eigenvalue weighted by Gasteiger charge is -2.46. The van der Waals surface area contributed by atoms with E-state index in [9.17, 15) is 0 Å². The van der Waals surface area contributed by atoms with E-state index in [1.165, 1.54) is 118 Å². The molecular formula is C69H74B2N4. The average molecular weight is 981 g/mol. The van der Waals surface area contributed by atoms with E-state index in [1.807, 2.05) is 0 Å². The van der Waals surface area contributed by atoms with E-state index >= 15 is 0 Å². The van der Waals surface area contributed by atoms with Crippen LogP contribution < -0.4 is 41.3 Å². The molecule has 0 amide bonds. The van der Waals surface area contributed by atoms with Crippen LogP contribution in [0.2, 0.25) is 0 Å². The predicted octanol–water partition coefficient (Wildman–Crippen LogP) is 16.2. The van der Waals surface area contributed by atoms with Crippen molar-refractivity contribution in [2.75, 3.05) is 19.4 Å². The minimum absolute atomic E-state index is 0.00632. The summed E-state index contributed by atoms with van der Waals surface area (Å²) in [5.41, 5.74) is 27.9. The molecule has 376 valence electrons. The number of anilines is 10. The molecule has 4 heterocycles. The van der Waals surface area contributed by atoms with Gasteiger partial charge in [0.1, 0.15) is 0 Å². The molecule has 0 saturated carbocycles. The summed E-state index contributed by atoms with van der Waals surface area (Å²) in [6.45, 7) is 37.2. The summed E-state index contributed by atoms with van der Waals surface area (Å²) in [4.78, 5) is 10.6. The molecule has 12 rings (SSSR count). The van der Waals surface area contributed by atoms with Crippen LogP contribution in [0.3, 0.4) is 0 Å². The van der Waals surface area contributed by atoms with Crippen LogP contribution in [0.15, 0.2) is 158 Å². The van der Waals surface area contributed by atoms with E-state index < -0.39 is 0 Å². The Hall–Kier alpha value is -6.91. The lowest BCUT2D eigenvalue weighted by Crippen LogP contribution is -2.61. The Labute approximate surface area is 449 Å². The lowest BCUT2D eigenvalue weighted by molar-refractivity contribution is 0.589. The zero-order chi connectivity index (χ0) is 53.1. The van der Waals surface area contributed by atoms with Gasteiger partial charge in [-0.1, -0.05) is 194 Å². The summed E-state index contributed by atoms with van der Waals surface area (Å²) < 4.78 is 0. The third kappa shape index (κ3) is 7.78. The van der Waals surface area contributed by atoms with Crippen molar-refractivity contribution in [3.63, 3.8) is 0 Å². The minimum atomic E-state index is -0.141. The molecule has 0 N–H and O–H groups in total. The summed E-state index contributed by atoms with van der Waals surface area (Å²) in [7, 11) is 0. The highest BCUT2D eigenvalue weighted by Gasteiger charge is 2.52. The molecule has 8 aromatic carbocycles. The molecule has 8 aromatic rings. The van der Waals surface area contributed by atoms with Crippen LogP contribution in [-0.4, -0.2) is 13.7 Å².